The molecule has 0 radical (unpaired) electrons. The van der Waals surface area contributed by atoms with E-state index in [1.54, 1.807) is 18.2 Å². The van der Waals surface area contributed by atoms with Gasteiger partial charge in [-0.25, -0.2) is 4.39 Å². The Labute approximate surface area is 251 Å². The number of ether oxygens (including phenoxy) is 1. The fraction of sp³-hybridized carbons (Fsp3) is 0.526. The fourth-order valence-corrected chi connectivity index (χ4v) is 6.08. The molecule has 3 aromatic carbocycles. The molecule has 228 valence electrons. The lowest BCUT2D eigenvalue weighted by Crippen LogP contribution is -2.27. The average Bonchev–Trinajstić information content (AvgIpc) is 2.99. The maximum atomic E-state index is 15.4. The third kappa shape index (κ3) is 8.64. The Morgan fingerprint density at radius 1 is 0.571 bits per heavy atom. The molecule has 0 spiro atoms. The van der Waals surface area contributed by atoms with Gasteiger partial charge in [-0.05, 0) is 59.6 Å². The van der Waals surface area contributed by atoms with E-state index in [-0.39, 0.29) is 11.3 Å². The highest BCUT2D eigenvalue weighted by Gasteiger charge is 2.43. The molecule has 0 aromatic heterocycles. The van der Waals surface area contributed by atoms with Gasteiger partial charge in [0.05, 0.1) is 5.56 Å². The van der Waals surface area contributed by atoms with E-state index in [0.29, 0.717) is 28.7 Å². The second kappa shape index (κ2) is 16.2. The number of benzene rings is 3. The standard InChI is InChI=1S/C38H49F3O/c1-3-5-7-9-11-13-14-16-18-29-20-22-30(23-21-29)32-25-26-33-34-27-24-31(19-17-15-12-10-8-6-4-2)36(39)37(34)42-38(40,41)35(33)28-32/h20-28H,3-19H2,1-2H3. The molecule has 0 saturated carbocycles. The van der Waals surface area contributed by atoms with E-state index in [4.69, 9.17) is 4.74 Å². The van der Waals surface area contributed by atoms with Crippen LogP contribution in [0.1, 0.15) is 127 Å². The average molecular weight is 579 g/mol. The van der Waals surface area contributed by atoms with Gasteiger partial charge in [-0.15, -0.1) is 0 Å². The minimum absolute atomic E-state index is 0.213. The summed E-state index contributed by atoms with van der Waals surface area (Å²) in [5.41, 5.74) is 3.82. The topological polar surface area (TPSA) is 9.23 Å². The van der Waals surface area contributed by atoms with Crippen molar-refractivity contribution >= 4 is 0 Å². The van der Waals surface area contributed by atoms with Gasteiger partial charge in [-0.2, -0.15) is 8.78 Å². The van der Waals surface area contributed by atoms with Crippen LogP contribution >= 0.6 is 0 Å². The quantitative estimate of drug-likeness (QED) is 0.136. The van der Waals surface area contributed by atoms with Crippen LogP contribution in [0.15, 0.2) is 54.6 Å². The Hall–Kier alpha value is -2.75. The third-order valence-electron chi connectivity index (χ3n) is 8.69. The normalized spacial score (nSPS) is 13.5. The number of alkyl halides is 2. The lowest BCUT2D eigenvalue weighted by molar-refractivity contribution is -0.188. The van der Waals surface area contributed by atoms with Gasteiger partial charge in [-0.3, -0.25) is 0 Å². The predicted octanol–water partition coefficient (Wildman–Crippen LogP) is 12.6. The zero-order chi connectivity index (χ0) is 29.8. The second-order valence-corrected chi connectivity index (χ2v) is 12.1. The number of halogens is 3. The van der Waals surface area contributed by atoms with E-state index in [1.807, 2.05) is 18.2 Å². The van der Waals surface area contributed by atoms with E-state index in [1.165, 1.54) is 88.7 Å². The summed E-state index contributed by atoms with van der Waals surface area (Å²) in [6.45, 7) is 4.44. The number of hydrogen-bond acceptors (Lipinski definition) is 1. The molecule has 0 saturated heterocycles. The van der Waals surface area contributed by atoms with Crippen LogP contribution in [-0.4, -0.2) is 0 Å². The van der Waals surface area contributed by atoms with Crippen molar-refractivity contribution in [1.82, 2.24) is 0 Å². The van der Waals surface area contributed by atoms with Crippen molar-refractivity contribution in [3.8, 4) is 28.0 Å². The molecule has 1 aliphatic heterocycles. The van der Waals surface area contributed by atoms with Gasteiger partial charge < -0.3 is 4.74 Å². The maximum absolute atomic E-state index is 15.4. The zero-order valence-electron chi connectivity index (χ0n) is 25.8. The highest BCUT2D eigenvalue weighted by Crippen LogP contribution is 2.49. The fourth-order valence-electron chi connectivity index (χ4n) is 6.08. The summed E-state index contributed by atoms with van der Waals surface area (Å²) in [5, 5.41) is 0. The van der Waals surface area contributed by atoms with Gasteiger partial charge in [0, 0.05) is 5.56 Å². The number of aryl methyl sites for hydroxylation is 2. The zero-order valence-corrected chi connectivity index (χ0v) is 25.8. The van der Waals surface area contributed by atoms with Crippen LogP contribution < -0.4 is 4.74 Å². The van der Waals surface area contributed by atoms with Crippen molar-refractivity contribution in [3.63, 3.8) is 0 Å². The lowest BCUT2D eigenvalue weighted by atomic mass is 9.90. The SMILES string of the molecule is CCCCCCCCCCc1ccc(-c2ccc3c(c2)C(F)(F)Oc2c-3ccc(CCCCCCCCC)c2F)cc1. The number of hydrogen-bond donors (Lipinski definition) is 0. The summed E-state index contributed by atoms with van der Waals surface area (Å²) in [5.74, 6) is -0.981. The van der Waals surface area contributed by atoms with Crippen molar-refractivity contribution in [2.24, 2.45) is 0 Å². The van der Waals surface area contributed by atoms with Gasteiger partial charge >= 0.3 is 6.11 Å². The molecule has 4 rings (SSSR count). The monoisotopic (exact) mass is 578 g/mol. The molecular weight excluding hydrogens is 529 g/mol. The number of rotatable bonds is 18. The van der Waals surface area contributed by atoms with Crippen LogP contribution in [0.25, 0.3) is 22.3 Å². The van der Waals surface area contributed by atoms with E-state index in [9.17, 15) is 0 Å². The molecule has 0 bridgehead atoms. The highest BCUT2D eigenvalue weighted by atomic mass is 19.3. The molecule has 0 amide bonds. The lowest BCUT2D eigenvalue weighted by Gasteiger charge is -2.29. The Kier molecular flexibility index (Phi) is 12.4. The molecule has 0 aliphatic carbocycles. The van der Waals surface area contributed by atoms with Crippen molar-refractivity contribution in [2.75, 3.05) is 0 Å². The molecule has 1 nitrogen and oxygen atoms in total. The Morgan fingerprint density at radius 2 is 1.10 bits per heavy atom. The van der Waals surface area contributed by atoms with E-state index in [0.717, 1.165) is 31.2 Å². The molecular formula is C38H49F3O. The molecule has 3 aromatic rings. The molecule has 0 atom stereocenters. The van der Waals surface area contributed by atoms with Crippen LogP contribution in [0.2, 0.25) is 0 Å². The first kappa shape index (κ1) is 32.2. The van der Waals surface area contributed by atoms with Crippen LogP contribution in [0, 0.1) is 5.82 Å². The first-order valence-corrected chi connectivity index (χ1v) is 16.6. The Bertz CT molecular complexity index is 1250. The van der Waals surface area contributed by atoms with E-state index in [2.05, 4.69) is 26.0 Å². The van der Waals surface area contributed by atoms with Gasteiger partial charge in [0.2, 0.25) is 0 Å². The molecule has 4 heteroatoms. The summed E-state index contributed by atoms with van der Waals surface area (Å²) in [6.07, 6.45) is 16.2. The van der Waals surface area contributed by atoms with Crippen molar-refractivity contribution in [2.45, 2.75) is 129 Å². The van der Waals surface area contributed by atoms with Crippen molar-refractivity contribution in [1.29, 1.82) is 0 Å². The first-order chi connectivity index (χ1) is 20.4. The molecule has 0 fully saturated rings. The first-order valence-electron chi connectivity index (χ1n) is 16.6. The van der Waals surface area contributed by atoms with Gasteiger partial charge in [0.1, 0.15) is 0 Å². The van der Waals surface area contributed by atoms with E-state index >= 15 is 13.2 Å². The smallest absolute Gasteiger partial charge is 0.425 e. The summed E-state index contributed by atoms with van der Waals surface area (Å²) in [4.78, 5) is 0. The number of fused-ring (bicyclic) bond motifs is 3. The molecule has 1 heterocycles. The highest BCUT2D eigenvalue weighted by molar-refractivity contribution is 5.80. The largest absolute Gasteiger partial charge is 0.427 e. The predicted molar refractivity (Wildman–Crippen MR) is 170 cm³/mol. The summed E-state index contributed by atoms with van der Waals surface area (Å²) in [6, 6.07) is 16.7. The molecule has 42 heavy (non-hydrogen) atoms. The van der Waals surface area contributed by atoms with Crippen LogP contribution in [0.5, 0.6) is 5.75 Å². The van der Waals surface area contributed by atoms with Gasteiger partial charge in [0.15, 0.2) is 11.6 Å². The summed E-state index contributed by atoms with van der Waals surface area (Å²) >= 11 is 0. The minimum Gasteiger partial charge on any atom is -0.425 e. The third-order valence-corrected chi connectivity index (χ3v) is 8.69. The van der Waals surface area contributed by atoms with Crippen LogP contribution in [-0.2, 0) is 19.0 Å². The van der Waals surface area contributed by atoms with Crippen molar-refractivity contribution in [3.05, 3.63) is 77.1 Å². The maximum Gasteiger partial charge on any atom is 0.427 e. The van der Waals surface area contributed by atoms with Gasteiger partial charge in [-0.1, -0.05) is 146 Å². The van der Waals surface area contributed by atoms with Crippen LogP contribution in [0.3, 0.4) is 0 Å². The summed E-state index contributed by atoms with van der Waals surface area (Å²) in [7, 11) is 0. The molecule has 0 unspecified atom stereocenters. The summed E-state index contributed by atoms with van der Waals surface area (Å²) < 4.78 is 51.1. The molecule has 1 aliphatic rings. The van der Waals surface area contributed by atoms with Crippen LogP contribution in [0.4, 0.5) is 13.2 Å². The van der Waals surface area contributed by atoms with E-state index < -0.39 is 11.9 Å². The van der Waals surface area contributed by atoms with Crippen molar-refractivity contribution < 1.29 is 17.9 Å². The Balaban J connectivity index is 1.38. The number of unbranched alkanes of at least 4 members (excludes halogenated alkanes) is 13. The molecule has 0 N–H and O–H groups in total. The minimum atomic E-state index is -3.60. The second-order valence-electron chi connectivity index (χ2n) is 12.1. The van der Waals surface area contributed by atoms with Gasteiger partial charge in [0.25, 0.3) is 0 Å². The Morgan fingerprint density at radius 3 is 1.71 bits per heavy atom.